The van der Waals surface area contributed by atoms with Crippen LogP contribution in [0, 0.1) is 5.82 Å². The van der Waals surface area contributed by atoms with E-state index in [4.69, 9.17) is 4.98 Å². The molecule has 0 unspecified atom stereocenters. The van der Waals surface area contributed by atoms with Crippen molar-refractivity contribution in [3.8, 4) is 11.3 Å². The first-order valence-corrected chi connectivity index (χ1v) is 11.2. The van der Waals surface area contributed by atoms with E-state index in [2.05, 4.69) is 20.6 Å². The molecular weight excluding hydrogens is 419 g/mol. The molecule has 4 aromatic rings. The summed E-state index contributed by atoms with van der Waals surface area (Å²) in [6.45, 7) is 1.12. The molecular formula is C25H25FN6O. The fraction of sp³-hybridized carbons (Fsp3) is 0.280. The van der Waals surface area contributed by atoms with Gasteiger partial charge in [0.25, 0.3) is 5.56 Å². The molecule has 8 heteroatoms. The molecule has 0 bridgehead atoms. The van der Waals surface area contributed by atoms with Crippen LogP contribution in [-0.2, 0) is 19.9 Å². The summed E-state index contributed by atoms with van der Waals surface area (Å²) in [7, 11) is 1.69. The van der Waals surface area contributed by atoms with Crippen LogP contribution in [0.2, 0.25) is 0 Å². The fourth-order valence-electron chi connectivity index (χ4n) is 4.33. The fourth-order valence-corrected chi connectivity index (χ4v) is 4.33. The average Bonchev–Trinajstić information content (AvgIpc) is 2.84. The second kappa shape index (κ2) is 8.97. The van der Waals surface area contributed by atoms with E-state index in [0.717, 1.165) is 53.5 Å². The Labute approximate surface area is 190 Å². The van der Waals surface area contributed by atoms with Crippen LogP contribution in [0.4, 0.5) is 16.0 Å². The van der Waals surface area contributed by atoms with Gasteiger partial charge in [0.1, 0.15) is 5.82 Å². The molecule has 0 fully saturated rings. The monoisotopic (exact) mass is 444 g/mol. The molecule has 0 spiro atoms. The largest absolute Gasteiger partial charge is 0.382 e. The quantitative estimate of drug-likeness (QED) is 0.439. The molecule has 3 aromatic heterocycles. The van der Waals surface area contributed by atoms with Crippen LogP contribution >= 0.6 is 0 Å². The van der Waals surface area contributed by atoms with Crippen molar-refractivity contribution in [1.29, 1.82) is 0 Å². The molecule has 5 rings (SSSR count). The van der Waals surface area contributed by atoms with Gasteiger partial charge in [-0.05, 0) is 61.6 Å². The third-order valence-corrected chi connectivity index (χ3v) is 6.04. The van der Waals surface area contributed by atoms with Crippen LogP contribution < -0.4 is 16.2 Å². The van der Waals surface area contributed by atoms with E-state index < -0.39 is 0 Å². The van der Waals surface area contributed by atoms with E-state index >= 15 is 0 Å². The number of nitrogens with one attached hydrogen (secondary N) is 2. The van der Waals surface area contributed by atoms with E-state index in [1.54, 1.807) is 31.6 Å². The zero-order valence-electron chi connectivity index (χ0n) is 18.4. The van der Waals surface area contributed by atoms with E-state index in [1.165, 1.54) is 22.3 Å². The van der Waals surface area contributed by atoms with Crippen molar-refractivity contribution in [2.45, 2.75) is 25.7 Å². The summed E-state index contributed by atoms with van der Waals surface area (Å²) in [5.74, 6) is 0.220. The number of anilines is 2. The number of halogens is 1. The standard InChI is InChI=1S/C25H25FN6O/c1-32-23(33)15-22(16-8-10-27-11-9-16)31-25(32)29-13-12-28-24-18-4-2-3-5-20(18)30-21-7-6-17(26)14-19(21)24/h6-11,14-15H,2-5,12-13H2,1H3,(H,28,30)(H,29,31). The van der Waals surface area contributed by atoms with Gasteiger partial charge in [0, 0.05) is 60.9 Å². The smallest absolute Gasteiger partial charge is 0.255 e. The first-order chi connectivity index (χ1) is 16.1. The van der Waals surface area contributed by atoms with Crippen molar-refractivity contribution in [2.24, 2.45) is 7.05 Å². The topological polar surface area (TPSA) is 84.7 Å². The molecule has 7 nitrogen and oxygen atoms in total. The molecule has 0 saturated heterocycles. The number of hydrogen-bond acceptors (Lipinski definition) is 6. The first-order valence-electron chi connectivity index (χ1n) is 11.2. The molecule has 0 atom stereocenters. The van der Waals surface area contributed by atoms with Crippen LogP contribution in [-0.4, -0.2) is 32.6 Å². The maximum absolute atomic E-state index is 14.0. The summed E-state index contributed by atoms with van der Waals surface area (Å²) < 4.78 is 15.5. The van der Waals surface area contributed by atoms with Gasteiger partial charge in [0.15, 0.2) is 0 Å². The predicted molar refractivity (Wildman–Crippen MR) is 128 cm³/mol. The maximum Gasteiger partial charge on any atom is 0.255 e. The third-order valence-electron chi connectivity index (χ3n) is 6.04. The van der Waals surface area contributed by atoms with Crippen LogP contribution in [0.15, 0.2) is 53.6 Å². The number of nitrogens with zero attached hydrogens (tertiary/aromatic N) is 4. The van der Waals surface area contributed by atoms with Crippen molar-refractivity contribution < 1.29 is 4.39 Å². The Hall–Kier alpha value is -3.81. The maximum atomic E-state index is 14.0. The van der Waals surface area contributed by atoms with Gasteiger partial charge in [0.2, 0.25) is 5.95 Å². The van der Waals surface area contributed by atoms with Crippen LogP contribution in [0.25, 0.3) is 22.2 Å². The minimum Gasteiger partial charge on any atom is -0.382 e. The molecule has 1 aliphatic rings. The molecule has 0 saturated carbocycles. The first kappa shape index (κ1) is 21.1. The SMILES string of the molecule is Cn1c(NCCNc2c3c(nc4ccc(F)cc24)CCCC3)nc(-c2ccncc2)cc1=O. The number of hydrogen-bond donors (Lipinski definition) is 2. The van der Waals surface area contributed by atoms with Gasteiger partial charge in [-0.25, -0.2) is 9.37 Å². The molecule has 0 radical (unpaired) electrons. The summed E-state index contributed by atoms with van der Waals surface area (Å²) in [4.78, 5) is 25.8. The average molecular weight is 445 g/mol. The van der Waals surface area contributed by atoms with Crippen molar-refractivity contribution in [1.82, 2.24) is 19.5 Å². The molecule has 168 valence electrons. The molecule has 0 aliphatic heterocycles. The van der Waals surface area contributed by atoms with E-state index in [0.29, 0.717) is 24.7 Å². The highest BCUT2D eigenvalue weighted by molar-refractivity contribution is 5.93. The van der Waals surface area contributed by atoms with Gasteiger partial charge in [-0.1, -0.05) is 0 Å². The van der Waals surface area contributed by atoms with Crippen LogP contribution in [0.5, 0.6) is 0 Å². The van der Waals surface area contributed by atoms with Gasteiger partial charge in [-0.3, -0.25) is 19.3 Å². The highest BCUT2D eigenvalue weighted by Gasteiger charge is 2.18. The number of pyridine rings is 2. The van der Waals surface area contributed by atoms with E-state index in [-0.39, 0.29) is 11.4 Å². The molecule has 3 heterocycles. The van der Waals surface area contributed by atoms with Crippen molar-refractivity contribution in [2.75, 3.05) is 23.7 Å². The molecule has 1 aliphatic carbocycles. The Balaban J connectivity index is 1.36. The Morgan fingerprint density at radius 1 is 1.00 bits per heavy atom. The summed E-state index contributed by atoms with van der Waals surface area (Å²) in [5, 5.41) is 7.57. The van der Waals surface area contributed by atoms with E-state index in [9.17, 15) is 9.18 Å². The lowest BCUT2D eigenvalue weighted by atomic mass is 9.92. The zero-order valence-corrected chi connectivity index (χ0v) is 18.4. The summed E-state index contributed by atoms with van der Waals surface area (Å²) in [6.07, 6.45) is 7.47. The minimum absolute atomic E-state index is 0.142. The van der Waals surface area contributed by atoms with Crippen LogP contribution in [0.3, 0.4) is 0 Å². The second-order valence-corrected chi connectivity index (χ2v) is 8.23. The van der Waals surface area contributed by atoms with Crippen molar-refractivity contribution >= 4 is 22.5 Å². The van der Waals surface area contributed by atoms with Crippen molar-refractivity contribution in [3.63, 3.8) is 0 Å². The van der Waals surface area contributed by atoms with Crippen LogP contribution in [0.1, 0.15) is 24.1 Å². The summed E-state index contributed by atoms with van der Waals surface area (Å²) in [6, 6.07) is 9.91. The van der Waals surface area contributed by atoms with Gasteiger partial charge in [-0.15, -0.1) is 0 Å². The normalized spacial score (nSPS) is 13.0. The van der Waals surface area contributed by atoms with Gasteiger partial charge >= 0.3 is 0 Å². The highest BCUT2D eigenvalue weighted by Crippen LogP contribution is 2.33. The number of fused-ring (bicyclic) bond motifs is 2. The Bertz CT molecular complexity index is 1370. The number of aromatic nitrogens is 4. The number of aryl methyl sites for hydroxylation is 1. The Morgan fingerprint density at radius 3 is 2.64 bits per heavy atom. The minimum atomic E-state index is -0.270. The van der Waals surface area contributed by atoms with Gasteiger partial charge in [0.05, 0.1) is 11.2 Å². The second-order valence-electron chi connectivity index (χ2n) is 8.23. The molecule has 2 N–H and O–H groups in total. The van der Waals surface area contributed by atoms with Gasteiger partial charge < -0.3 is 10.6 Å². The predicted octanol–water partition coefficient (Wildman–Crippen LogP) is 3.93. The summed E-state index contributed by atoms with van der Waals surface area (Å²) in [5.41, 5.74) is 5.35. The van der Waals surface area contributed by atoms with Gasteiger partial charge in [-0.2, -0.15) is 0 Å². The Morgan fingerprint density at radius 2 is 1.79 bits per heavy atom. The number of rotatable bonds is 6. The molecule has 1 aromatic carbocycles. The lowest BCUT2D eigenvalue weighted by Crippen LogP contribution is -2.24. The van der Waals surface area contributed by atoms with E-state index in [1.807, 2.05) is 12.1 Å². The molecule has 33 heavy (non-hydrogen) atoms. The third kappa shape index (κ3) is 4.28. The highest BCUT2D eigenvalue weighted by atomic mass is 19.1. The van der Waals surface area contributed by atoms with Crippen molar-refractivity contribution in [3.05, 3.63) is 76.2 Å². The lowest BCUT2D eigenvalue weighted by molar-refractivity contribution is 0.629. The lowest BCUT2D eigenvalue weighted by Gasteiger charge is -2.22. The Kier molecular flexibility index (Phi) is 5.73. The molecule has 0 amide bonds. The summed E-state index contributed by atoms with van der Waals surface area (Å²) >= 11 is 0. The zero-order chi connectivity index (χ0) is 22.8. The number of benzene rings is 1.